The summed E-state index contributed by atoms with van der Waals surface area (Å²) in [7, 11) is 1.50. The van der Waals surface area contributed by atoms with Gasteiger partial charge < -0.3 is 19.9 Å². The van der Waals surface area contributed by atoms with E-state index in [1.165, 1.54) is 13.2 Å². The maximum absolute atomic E-state index is 12.3. The summed E-state index contributed by atoms with van der Waals surface area (Å²) in [5.41, 5.74) is 0.174. The minimum absolute atomic E-state index is 0.202. The summed E-state index contributed by atoms with van der Waals surface area (Å²) >= 11 is 0. The van der Waals surface area contributed by atoms with Crippen molar-refractivity contribution in [2.45, 2.75) is 32.3 Å². The van der Waals surface area contributed by atoms with Gasteiger partial charge in [-0.3, -0.25) is 4.79 Å². The SMILES string of the molecule is CCC1(CC)Oc2c(cc(/C=C/C(=O)O)cc2OC)NC1=O. The van der Waals surface area contributed by atoms with Crippen LogP contribution in [-0.4, -0.2) is 29.7 Å². The Labute approximate surface area is 128 Å². The molecule has 1 aliphatic rings. The smallest absolute Gasteiger partial charge is 0.328 e. The lowest BCUT2D eigenvalue weighted by atomic mass is 9.93. The highest BCUT2D eigenvalue weighted by molar-refractivity contribution is 6.01. The number of ether oxygens (including phenoxy) is 2. The average molecular weight is 305 g/mol. The van der Waals surface area contributed by atoms with Crippen molar-refractivity contribution < 1.29 is 24.2 Å². The van der Waals surface area contributed by atoms with E-state index in [2.05, 4.69) is 5.32 Å². The number of carbonyl (C=O) groups excluding carboxylic acids is 1. The zero-order valence-electron chi connectivity index (χ0n) is 12.8. The lowest BCUT2D eigenvalue weighted by Gasteiger charge is -2.36. The topological polar surface area (TPSA) is 84.9 Å². The van der Waals surface area contributed by atoms with E-state index in [0.717, 1.165) is 6.08 Å². The van der Waals surface area contributed by atoms with Crippen LogP contribution in [0.4, 0.5) is 5.69 Å². The van der Waals surface area contributed by atoms with Crippen LogP contribution in [-0.2, 0) is 9.59 Å². The molecule has 0 bridgehead atoms. The minimum atomic E-state index is -1.05. The second kappa shape index (κ2) is 6.09. The molecule has 0 aromatic heterocycles. The third-order valence-electron chi connectivity index (χ3n) is 3.82. The summed E-state index contributed by atoms with van der Waals surface area (Å²) in [6, 6.07) is 3.33. The number of carboxylic acids is 1. The maximum Gasteiger partial charge on any atom is 0.328 e. The van der Waals surface area contributed by atoms with Gasteiger partial charge in [0.2, 0.25) is 0 Å². The number of benzene rings is 1. The lowest BCUT2D eigenvalue weighted by molar-refractivity contribution is -0.133. The van der Waals surface area contributed by atoms with Crippen LogP contribution in [0.1, 0.15) is 32.3 Å². The van der Waals surface area contributed by atoms with E-state index >= 15 is 0 Å². The number of hydrogen-bond acceptors (Lipinski definition) is 4. The molecule has 1 aromatic rings. The van der Waals surface area contributed by atoms with E-state index in [1.807, 2.05) is 13.8 Å². The number of anilines is 1. The fraction of sp³-hybridized carbons (Fsp3) is 0.375. The Morgan fingerprint density at radius 1 is 1.41 bits per heavy atom. The third-order valence-corrected chi connectivity index (χ3v) is 3.82. The van der Waals surface area contributed by atoms with E-state index in [-0.39, 0.29) is 5.91 Å². The number of nitrogens with one attached hydrogen (secondary N) is 1. The number of carboxylic acid groups (broad SMARTS) is 1. The largest absolute Gasteiger partial charge is 0.493 e. The van der Waals surface area contributed by atoms with Gasteiger partial charge in [0.25, 0.3) is 5.91 Å². The molecule has 0 saturated heterocycles. The summed E-state index contributed by atoms with van der Waals surface area (Å²) in [6.45, 7) is 3.79. The van der Waals surface area contributed by atoms with Crippen LogP contribution in [0.25, 0.3) is 6.08 Å². The van der Waals surface area contributed by atoms with Gasteiger partial charge in [-0.05, 0) is 36.6 Å². The molecule has 0 fully saturated rings. The average Bonchev–Trinajstić information content (AvgIpc) is 2.51. The van der Waals surface area contributed by atoms with Gasteiger partial charge in [-0.25, -0.2) is 4.79 Å². The first kappa shape index (κ1) is 15.9. The zero-order chi connectivity index (χ0) is 16.3. The summed E-state index contributed by atoms with van der Waals surface area (Å²) in [4.78, 5) is 22.9. The van der Waals surface area contributed by atoms with Crippen LogP contribution in [0.2, 0.25) is 0 Å². The van der Waals surface area contributed by atoms with Crippen LogP contribution in [0.15, 0.2) is 18.2 Å². The molecule has 0 saturated carbocycles. The van der Waals surface area contributed by atoms with E-state index in [0.29, 0.717) is 35.6 Å². The molecule has 6 heteroatoms. The highest BCUT2D eigenvalue weighted by Gasteiger charge is 2.42. The predicted molar refractivity (Wildman–Crippen MR) is 82.2 cm³/mol. The molecule has 0 radical (unpaired) electrons. The first-order valence-corrected chi connectivity index (χ1v) is 7.09. The van der Waals surface area contributed by atoms with Gasteiger partial charge in [0.05, 0.1) is 12.8 Å². The second-order valence-corrected chi connectivity index (χ2v) is 5.03. The lowest BCUT2D eigenvalue weighted by Crippen LogP contribution is -2.50. The molecule has 118 valence electrons. The molecule has 1 heterocycles. The van der Waals surface area contributed by atoms with Crippen LogP contribution in [0, 0.1) is 0 Å². The van der Waals surface area contributed by atoms with Gasteiger partial charge in [-0.15, -0.1) is 0 Å². The van der Waals surface area contributed by atoms with Crippen LogP contribution >= 0.6 is 0 Å². The van der Waals surface area contributed by atoms with Gasteiger partial charge in [-0.1, -0.05) is 13.8 Å². The Morgan fingerprint density at radius 2 is 2.09 bits per heavy atom. The van der Waals surface area contributed by atoms with Crippen LogP contribution in [0.3, 0.4) is 0 Å². The molecule has 0 spiro atoms. The molecule has 2 rings (SSSR count). The van der Waals surface area contributed by atoms with Crippen LogP contribution in [0.5, 0.6) is 11.5 Å². The molecule has 1 amide bonds. The van der Waals surface area contributed by atoms with Crippen molar-refractivity contribution in [2.75, 3.05) is 12.4 Å². The number of methoxy groups -OCH3 is 1. The molecule has 0 atom stereocenters. The van der Waals surface area contributed by atoms with Crippen molar-refractivity contribution >= 4 is 23.6 Å². The van der Waals surface area contributed by atoms with Gasteiger partial charge in [0.15, 0.2) is 17.1 Å². The monoisotopic (exact) mass is 305 g/mol. The zero-order valence-corrected chi connectivity index (χ0v) is 12.8. The van der Waals surface area contributed by atoms with Crippen molar-refractivity contribution in [3.63, 3.8) is 0 Å². The molecule has 2 N–H and O–H groups in total. The van der Waals surface area contributed by atoms with Crippen molar-refractivity contribution in [2.24, 2.45) is 0 Å². The summed E-state index contributed by atoms with van der Waals surface area (Å²) < 4.78 is 11.3. The van der Waals surface area contributed by atoms with E-state index in [4.69, 9.17) is 14.6 Å². The van der Waals surface area contributed by atoms with Gasteiger partial charge >= 0.3 is 5.97 Å². The second-order valence-electron chi connectivity index (χ2n) is 5.03. The third kappa shape index (κ3) is 2.77. The quantitative estimate of drug-likeness (QED) is 0.817. The Hall–Kier alpha value is -2.50. The normalized spacial score (nSPS) is 15.9. The number of rotatable bonds is 5. The van der Waals surface area contributed by atoms with Crippen molar-refractivity contribution in [1.29, 1.82) is 0 Å². The van der Waals surface area contributed by atoms with Crippen molar-refractivity contribution in [1.82, 2.24) is 0 Å². The molecular formula is C16H19NO5. The maximum atomic E-state index is 12.3. The Morgan fingerprint density at radius 3 is 2.64 bits per heavy atom. The Bertz CT molecular complexity index is 632. The highest BCUT2D eigenvalue weighted by atomic mass is 16.5. The van der Waals surface area contributed by atoms with Gasteiger partial charge in [-0.2, -0.15) is 0 Å². The molecule has 1 aromatic carbocycles. The number of carbonyl (C=O) groups is 2. The van der Waals surface area contributed by atoms with Gasteiger partial charge in [0, 0.05) is 6.08 Å². The van der Waals surface area contributed by atoms with Crippen LogP contribution < -0.4 is 14.8 Å². The predicted octanol–water partition coefficient (Wildman–Crippen LogP) is 2.68. The number of fused-ring (bicyclic) bond motifs is 1. The Kier molecular flexibility index (Phi) is 4.40. The molecule has 0 unspecified atom stereocenters. The van der Waals surface area contributed by atoms with E-state index in [9.17, 15) is 9.59 Å². The minimum Gasteiger partial charge on any atom is -0.493 e. The molecule has 22 heavy (non-hydrogen) atoms. The fourth-order valence-corrected chi connectivity index (χ4v) is 2.43. The molecular weight excluding hydrogens is 286 g/mol. The summed E-state index contributed by atoms with van der Waals surface area (Å²) in [5, 5.41) is 11.5. The standard InChI is InChI=1S/C16H19NO5/c1-4-16(5-2)15(20)17-11-8-10(6-7-13(18)19)9-12(21-3)14(11)22-16/h6-9H,4-5H2,1-3H3,(H,17,20)(H,18,19)/b7-6+. The molecule has 1 aliphatic heterocycles. The van der Waals surface area contributed by atoms with Gasteiger partial charge in [0.1, 0.15) is 0 Å². The molecule has 6 nitrogen and oxygen atoms in total. The highest BCUT2D eigenvalue weighted by Crippen LogP contribution is 2.44. The number of aliphatic carboxylic acids is 1. The van der Waals surface area contributed by atoms with E-state index in [1.54, 1.807) is 12.1 Å². The summed E-state index contributed by atoms with van der Waals surface area (Å²) in [5.74, 6) is -0.327. The van der Waals surface area contributed by atoms with Crippen molar-refractivity contribution in [3.8, 4) is 11.5 Å². The first-order chi connectivity index (χ1) is 10.5. The number of hydrogen-bond donors (Lipinski definition) is 2. The van der Waals surface area contributed by atoms with Crippen molar-refractivity contribution in [3.05, 3.63) is 23.8 Å². The first-order valence-electron chi connectivity index (χ1n) is 7.09. The summed E-state index contributed by atoms with van der Waals surface area (Å²) in [6.07, 6.45) is 3.53. The number of amides is 1. The van der Waals surface area contributed by atoms with E-state index < -0.39 is 11.6 Å². The Balaban J connectivity index is 2.49. The molecule has 0 aliphatic carbocycles. The fourth-order valence-electron chi connectivity index (χ4n) is 2.43.